The van der Waals surface area contributed by atoms with E-state index in [0.29, 0.717) is 6.04 Å². The number of aromatic nitrogens is 1. The zero-order valence-electron chi connectivity index (χ0n) is 14.5. The van der Waals surface area contributed by atoms with Gasteiger partial charge in [0.15, 0.2) is 0 Å². The molecule has 0 bridgehead atoms. The minimum absolute atomic E-state index is 0.483. The molecule has 3 aromatic rings. The Morgan fingerprint density at radius 1 is 1.16 bits per heavy atom. The van der Waals surface area contributed by atoms with Gasteiger partial charge in [-0.3, -0.25) is 9.88 Å². The highest BCUT2D eigenvalue weighted by Gasteiger charge is 2.22. The second-order valence-corrected chi connectivity index (χ2v) is 6.62. The lowest BCUT2D eigenvalue weighted by Gasteiger charge is -2.18. The maximum atomic E-state index is 5.23. The molecule has 1 aliphatic heterocycles. The van der Waals surface area contributed by atoms with Crippen LogP contribution in [0.3, 0.4) is 0 Å². The summed E-state index contributed by atoms with van der Waals surface area (Å²) in [4.78, 5) is 6.72. The van der Waals surface area contributed by atoms with Gasteiger partial charge < -0.3 is 10.1 Å². The number of anilines is 1. The minimum Gasteiger partial charge on any atom is -0.497 e. The van der Waals surface area contributed by atoms with E-state index in [9.17, 15) is 0 Å². The molecule has 0 radical (unpaired) electrons. The third-order valence-corrected chi connectivity index (χ3v) is 4.88. The van der Waals surface area contributed by atoms with Gasteiger partial charge in [0.25, 0.3) is 0 Å². The molecule has 1 aliphatic rings. The van der Waals surface area contributed by atoms with E-state index in [-0.39, 0.29) is 0 Å². The summed E-state index contributed by atoms with van der Waals surface area (Å²) in [5, 5.41) is 6.15. The molecule has 4 nitrogen and oxygen atoms in total. The van der Waals surface area contributed by atoms with Crippen LogP contribution in [0, 0.1) is 0 Å². The number of nitrogens with zero attached hydrogens (tertiary/aromatic N) is 2. The molecule has 4 heteroatoms. The van der Waals surface area contributed by atoms with Crippen LogP contribution in [0.2, 0.25) is 0 Å². The molecule has 0 amide bonds. The molecule has 1 aromatic heterocycles. The van der Waals surface area contributed by atoms with Crippen LogP contribution in [0.4, 0.5) is 5.69 Å². The first-order chi connectivity index (χ1) is 12.3. The zero-order chi connectivity index (χ0) is 17.1. The van der Waals surface area contributed by atoms with Gasteiger partial charge in [-0.2, -0.15) is 0 Å². The number of hydrogen-bond acceptors (Lipinski definition) is 4. The maximum absolute atomic E-state index is 5.23. The van der Waals surface area contributed by atoms with E-state index in [1.807, 2.05) is 24.5 Å². The fraction of sp³-hybridized carbons (Fsp3) is 0.286. The topological polar surface area (TPSA) is 37.4 Å². The number of ether oxygens (including phenoxy) is 1. The molecular weight excluding hydrogens is 310 g/mol. The van der Waals surface area contributed by atoms with Crippen molar-refractivity contribution in [2.24, 2.45) is 0 Å². The Morgan fingerprint density at radius 2 is 2.04 bits per heavy atom. The van der Waals surface area contributed by atoms with Crippen LogP contribution < -0.4 is 10.1 Å². The van der Waals surface area contributed by atoms with Gasteiger partial charge in [-0.15, -0.1) is 0 Å². The number of nitrogens with one attached hydrogen (secondary N) is 1. The van der Waals surface area contributed by atoms with Gasteiger partial charge in [0.2, 0.25) is 0 Å². The Labute approximate surface area is 148 Å². The van der Waals surface area contributed by atoms with E-state index in [2.05, 4.69) is 51.6 Å². The molecule has 1 fully saturated rings. The third-order valence-electron chi connectivity index (χ3n) is 4.88. The van der Waals surface area contributed by atoms with Crippen LogP contribution in [0.25, 0.3) is 10.8 Å². The van der Waals surface area contributed by atoms with Gasteiger partial charge >= 0.3 is 0 Å². The summed E-state index contributed by atoms with van der Waals surface area (Å²) < 4.78 is 5.23. The van der Waals surface area contributed by atoms with E-state index < -0.39 is 0 Å². The Morgan fingerprint density at radius 3 is 2.88 bits per heavy atom. The molecule has 0 aliphatic carbocycles. The fourth-order valence-corrected chi connectivity index (χ4v) is 3.55. The average Bonchev–Trinajstić information content (AvgIpc) is 3.09. The molecule has 0 saturated carbocycles. The van der Waals surface area contributed by atoms with E-state index in [1.165, 1.54) is 22.0 Å². The molecule has 1 unspecified atom stereocenters. The van der Waals surface area contributed by atoms with Gasteiger partial charge in [-0.1, -0.05) is 24.3 Å². The van der Waals surface area contributed by atoms with Crippen molar-refractivity contribution in [3.8, 4) is 5.75 Å². The number of pyridine rings is 1. The molecule has 0 spiro atoms. The largest absolute Gasteiger partial charge is 0.497 e. The monoisotopic (exact) mass is 333 g/mol. The van der Waals surface area contributed by atoms with E-state index in [1.54, 1.807) is 7.11 Å². The first-order valence-electron chi connectivity index (χ1n) is 8.76. The second-order valence-electron chi connectivity index (χ2n) is 6.62. The van der Waals surface area contributed by atoms with Crippen LogP contribution in [-0.4, -0.2) is 36.1 Å². The summed E-state index contributed by atoms with van der Waals surface area (Å²) >= 11 is 0. The number of hydrogen-bond donors (Lipinski definition) is 1. The molecule has 25 heavy (non-hydrogen) atoms. The number of methoxy groups -OCH3 is 1. The first kappa shape index (κ1) is 15.9. The lowest BCUT2D eigenvalue weighted by Crippen LogP contribution is -2.26. The molecule has 2 aromatic carbocycles. The van der Waals surface area contributed by atoms with Crippen molar-refractivity contribution in [1.29, 1.82) is 0 Å². The summed E-state index contributed by atoms with van der Waals surface area (Å²) in [5.41, 5.74) is 2.54. The van der Waals surface area contributed by atoms with Crippen molar-refractivity contribution in [2.75, 3.05) is 25.5 Å². The van der Waals surface area contributed by atoms with Crippen LogP contribution in [0.1, 0.15) is 12.0 Å². The number of fused-ring (bicyclic) bond motifs is 1. The predicted octanol–water partition coefficient (Wildman–Crippen LogP) is 3.93. The summed E-state index contributed by atoms with van der Waals surface area (Å²) in [7, 11) is 1.70. The number of rotatable bonds is 5. The van der Waals surface area contributed by atoms with Gasteiger partial charge in [0.1, 0.15) is 5.75 Å². The van der Waals surface area contributed by atoms with Crippen LogP contribution in [0.5, 0.6) is 5.75 Å². The van der Waals surface area contributed by atoms with E-state index >= 15 is 0 Å². The average molecular weight is 333 g/mol. The van der Waals surface area contributed by atoms with Gasteiger partial charge in [0.05, 0.1) is 7.11 Å². The van der Waals surface area contributed by atoms with E-state index in [0.717, 1.165) is 31.8 Å². The predicted molar refractivity (Wildman–Crippen MR) is 102 cm³/mol. The first-order valence-corrected chi connectivity index (χ1v) is 8.76. The van der Waals surface area contributed by atoms with Gasteiger partial charge in [-0.05, 0) is 36.2 Å². The molecule has 128 valence electrons. The Hall–Kier alpha value is -2.59. The van der Waals surface area contributed by atoms with Crippen molar-refractivity contribution in [1.82, 2.24) is 9.88 Å². The lowest BCUT2D eigenvalue weighted by atomic mass is 10.1. The lowest BCUT2D eigenvalue weighted by molar-refractivity contribution is 0.328. The van der Waals surface area contributed by atoms with E-state index in [4.69, 9.17) is 4.74 Å². The summed E-state index contributed by atoms with van der Waals surface area (Å²) in [6.45, 7) is 3.17. The van der Waals surface area contributed by atoms with Crippen molar-refractivity contribution in [3.05, 3.63) is 66.5 Å². The van der Waals surface area contributed by atoms with Crippen LogP contribution >= 0.6 is 0 Å². The van der Waals surface area contributed by atoms with Crippen molar-refractivity contribution in [2.45, 2.75) is 19.0 Å². The number of benzene rings is 2. The third kappa shape index (κ3) is 3.59. The highest BCUT2D eigenvalue weighted by atomic mass is 16.5. The normalized spacial score (nSPS) is 17.7. The Kier molecular flexibility index (Phi) is 4.53. The van der Waals surface area contributed by atoms with Crippen molar-refractivity contribution >= 4 is 16.5 Å². The Bertz CT molecular complexity index is 842. The standard InChI is InChI=1S/C21H23N3O/c1-25-19-7-5-16(6-8-19)14-24-12-10-18(15-24)23-21-4-2-3-17-13-22-11-9-20(17)21/h2-9,11,13,18,23H,10,12,14-15H2,1H3. The SMILES string of the molecule is COc1ccc(CN2CCC(Nc3cccc4cnccc34)C2)cc1. The highest BCUT2D eigenvalue weighted by Crippen LogP contribution is 2.25. The Balaban J connectivity index is 1.40. The summed E-state index contributed by atoms with van der Waals surface area (Å²) in [6, 6.07) is 17.3. The summed E-state index contributed by atoms with van der Waals surface area (Å²) in [6.07, 6.45) is 4.95. The van der Waals surface area contributed by atoms with Crippen molar-refractivity contribution in [3.63, 3.8) is 0 Å². The quantitative estimate of drug-likeness (QED) is 0.768. The highest BCUT2D eigenvalue weighted by molar-refractivity contribution is 5.93. The van der Waals surface area contributed by atoms with Crippen molar-refractivity contribution < 1.29 is 4.74 Å². The minimum atomic E-state index is 0.483. The smallest absolute Gasteiger partial charge is 0.118 e. The van der Waals surface area contributed by atoms with Gasteiger partial charge in [0, 0.05) is 54.5 Å². The van der Waals surface area contributed by atoms with Gasteiger partial charge in [-0.25, -0.2) is 0 Å². The molecule has 4 rings (SSSR count). The summed E-state index contributed by atoms with van der Waals surface area (Å²) in [5.74, 6) is 0.912. The molecule has 1 N–H and O–H groups in total. The maximum Gasteiger partial charge on any atom is 0.118 e. The second kappa shape index (κ2) is 7.11. The fourth-order valence-electron chi connectivity index (χ4n) is 3.55. The molecule has 1 atom stereocenters. The number of likely N-dealkylation sites (tertiary alicyclic amines) is 1. The molecular formula is C21H23N3O. The zero-order valence-corrected chi connectivity index (χ0v) is 14.5. The molecule has 2 heterocycles. The van der Waals surface area contributed by atoms with Crippen LogP contribution in [0.15, 0.2) is 60.9 Å². The van der Waals surface area contributed by atoms with Crippen LogP contribution in [-0.2, 0) is 6.54 Å². The molecule has 1 saturated heterocycles.